The molecule has 1 saturated heterocycles. The summed E-state index contributed by atoms with van der Waals surface area (Å²) in [7, 11) is 0. The molecule has 1 atom stereocenters. The Hall–Kier alpha value is -1.26. The Balaban J connectivity index is 2.27. The van der Waals surface area contributed by atoms with Crippen LogP contribution in [0.25, 0.3) is 10.4 Å². The van der Waals surface area contributed by atoms with Crippen molar-refractivity contribution < 1.29 is 9.90 Å². The second kappa shape index (κ2) is 7.92. The van der Waals surface area contributed by atoms with Crippen LogP contribution in [0.4, 0.5) is 0 Å². The summed E-state index contributed by atoms with van der Waals surface area (Å²) in [6.45, 7) is 1.28. The van der Waals surface area contributed by atoms with Gasteiger partial charge >= 0.3 is 0 Å². The summed E-state index contributed by atoms with van der Waals surface area (Å²) in [4.78, 5) is 16.4. The molecule has 0 saturated carbocycles. The molecule has 0 aliphatic carbocycles. The Labute approximate surface area is 101 Å². The van der Waals surface area contributed by atoms with Crippen molar-refractivity contribution in [2.45, 2.75) is 44.6 Å². The molecule has 1 aliphatic heterocycles. The molecule has 6 nitrogen and oxygen atoms in total. The Bertz CT molecular complexity index is 289. The molecule has 0 aromatic heterocycles. The van der Waals surface area contributed by atoms with Crippen LogP contribution in [0.5, 0.6) is 0 Å². The fourth-order valence-electron chi connectivity index (χ4n) is 2.17. The van der Waals surface area contributed by atoms with Gasteiger partial charge in [-0.25, -0.2) is 0 Å². The van der Waals surface area contributed by atoms with Gasteiger partial charge in [0.25, 0.3) is 0 Å². The van der Waals surface area contributed by atoms with Crippen molar-refractivity contribution in [2.24, 2.45) is 5.11 Å². The molecule has 96 valence electrons. The first-order chi connectivity index (χ1) is 8.29. The van der Waals surface area contributed by atoms with E-state index in [9.17, 15) is 9.90 Å². The van der Waals surface area contributed by atoms with E-state index in [1.807, 2.05) is 0 Å². The first-order valence-electron chi connectivity index (χ1n) is 6.20. The number of nitrogens with zero attached hydrogens (tertiary/aromatic N) is 4. The second-order valence-corrected chi connectivity index (χ2v) is 4.33. The van der Waals surface area contributed by atoms with Gasteiger partial charge in [-0.3, -0.25) is 4.79 Å². The van der Waals surface area contributed by atoms with E-state index < -0.39 is 0 Å². The highest BCUT2D eigenvalue weighted by molar-refractivity contribution is 5.76. The van der Waals surface area contributed by atoms with Gasteiger partial charge in [0.05, 0.1) is 12.6 Å². The average molecular weight is 240 g/mol. The van der Waals surface area contributed by atoms with Gasteiger partial charge in [-0.2, -0.15) is 0 Å². The molecule has 0 spiro atoms. The minimum absolute atomic E-state index is 0.00776. The number of carbonyl (C=O) groups excluding carboxylic acids is 1. The maximum Gasteiger partial charge on any atom is 0.222 e. The van der Waals surface area contributed by atoms with Crippen LogP contribution in [0.3, 0.4) is 0 Å². The normalized spacial score (nSPS) is 19.8. The van der Waals surface area contributed by atoms with Crippen LogP contribution in [0.15, 0.2) is 5.11 Å². The molecule has 1 N–H and O–H groups in total. The third kappa shape index (κ3) is 4.63. The predicted molar refractivity (Wildman–Crippen MR) is 64.3 cm³/mol. The Morgan fingerprint density at radius 2 is 2.29 bits per heavy atom. The highest BCUT2D eigenvalue weighted by Gasteiger charge is 2.25. The fraction of sp³-hybridized carbons (Fsp3) is 0.909. The quantitative estimate of drug-likeness (QED) is 0.332. The number of carbonyl (C=O) groups is 1. The Kier molecular flexibility index (Phi) is 6.43. The zero-order valence-electron chi connectivity index (χ0n) is 10.1. The van der Waals surface area contributed by atoms with Gasteiger partial charge in [-0.1, -0.05) is 5.11 Å². The van der Waals surface area contributed by atoms with Gasteiger partial charge in [0.1, 0.15) is 0 Å². The van der Waals surface area contributed by atoms with Crippen LogP contribution >= 0.6 is 0 Å². The number of hydrogen-bond donors (Lipinski definition) is 1. The van der Waals surface area contributed by atoms with E-state index in [2.05, 4.69) is 10.0 Å². The van der Waals surface area contributed by atoms with Crippen molar-refractivity contribution in [3.05, 3.63) is 10.4 Å². The summed E-state index contributed by atoms with van der Waals surface area (Å²) in [6.07, 6.45) is 4.99. The van der Waals surface area contributed by atoms with Crippen molar-refractivity contribution in [3.8, 4) is 0 Å². The van der Waals surface area contributed by atoms with Crippen LogP contribution in [0.1, 0.15) is 38.5 Å². The lowest BCUT2D eigenvalue weighted by Crippen LogP contribution is -2.45. The lowest BCUT2D eigenvalue weighted by molar-refractivity contribution is -0.136. The Morgan fingerprint density at radius 1 is 1.47 bits per heavy atom. The van der Waals surface area contributed by atoms with E-state index in [0.29, 0.717) is 13.0 Å². The molecule has 0 bridgehead atoms. The monoisotopic (exact) mass is 240 g/mol. The van der Waals surface area contributed by atoms with E-state index in [4.69, 9.17) is 5.53 Å². The molecule has 1 amide bonds. The SMILES string of the molecule is [N-]=[N+]=NCCCCC(=O)N1CCCCC1CO. The number of piperidine rings is 1. The summed E-state index contributed by atoms with van der Waals surface area (Å²) in [5.41, 5.74) is 8.10. The largest absolute Gasteiger partial charge is 0.394 e. The van der Waals surface area contributed by atoms with Crippen LogP contribution in [0.2, 0.25) is 0 Å². The molecule has 1 unspecified atom stereocenters. The third-order valence-corrected chi connectivity index (χ3v) is 3.12. The fourth-order valence-corrected chi connectivity index (χ4v) is 2.17. The van der Waals surface area contributed by atoms with Crippen molar-refractivity contribution in [3.63, 3.8) is 0 Å². The van der Waals surface area contributed by atoms with Gasteiger partial charge in [0.2, 0.25) is 5.91 Å². The predicted octanol–water partition coefficient (Wildman–Crippen LogP) is 1.84. The second-order valence-electron chi connectivity index (χ2n) is 4.33. The van der Waals surface area contributed by atoms with Crippen LogP contribution < -0.4 is 0 Å². The number of unbranched alkanes of at least 4 members (excludes halogenated alkanes) is 1. The molecule has 6 heteroatoms. The smallest absolute Gasteiger partial charge is 0.222 e. The first-order valence-corrected chi connectivity index (χ1v) is 6.20. The van der Waals surface area contributed by atoms with Crippen LogP contribution in [0, 0.1) is 0 Å². The average Bonchev–Trinajstić information content (AvgIpc) is 2.38. The number of rotatable bonds is 6. The van der Waals surface area contributed by atoms with E-state index >= 15 is 0 Å². The lowest BCUT2D eigenvalue weighted by atomic mass is 10.0. The van der Waals surface area contributed by atoms with Gasteiger partial charge < -0.3 is 10.0 Å². The minimum Gasteiger partial charge on any atom is -0.394 e. The maximum atomic E-state index is 11.9. The molecule has 1 rings (SSSR count). The van der Waals surface area contributed by atoms with Crippen LogP contribution in [-0.4, -0.2) is 41.7 Å². The highest BCUT2D eigenvalue weighted by atomic mass is 16.3. The van der Waals surface area contributed by atoms with Crippen molar-refractivity contribution in [2.75, 3.05) is 19.7 Å². The lowest BCUT2D eigenvalue weighted by Gasteiger charge is -2.34. The summed E-state index contributed by atoms with van der Waals surface area (Å²) in [6, 6.07) is 0.00776. The molecule has 1 fully saturated rings. The summed E-state index contributed by atoms with van der Waals surface area (Å²) < 4.78 is 0. The molecule has 1 aliphatic rings. The van der Waals surface area contributed by atoms with Crippen LogP contribution in [-0.2, 0) is 4.79 Å². The van der Waals surface area contributed by atoms with E-state index in [0.717, 1.165) is 38.6 Å². The number of aliphatic hydroxyl groups excluding tert-OH is 1. The van der Waals surface area contributed by atoms with E-state index in [1.165, 1.54) is 0 Å². The first kappa shape index (κ1) is 13.8. The number of amides is 1. The molecular formula is C11H20N4O2. The van der Waals surface area contributed by atoms with Crippen molar-refractivity contribution >= 4 is 5.91 Å². The van der Waals surface area contributed by atoms with Crippen molar-refractivity contribution in [1.29, 1.82) is 0 Å². The topological polar surface area (TPSA) is 89.3 Å². The third-order valence-electron chi connectivity index (χ3n) is 3.12. The number of hydrogen-bond acceptors (Lipinski definition) is 3. The zero-order valence-corrected chi connectivity index (χ0v) is 10.1. The molecule has 0 aromatic rings. The van der Waals surface area contributed by atoms with Gasteiger partial charge in [0, 0.05) is 24.4 Å². The van der Waals surface area contributed by atoms with Gasteiger partial charge in [-0.15, -0.1) is 0 Å². The zero-order chi connectivity index (χ0) is 12.5. The number of aliphatic hydroxyl groups is 1. The molecule has 0 aromatic carbocycles. The molecular weight excluding hydrogens is 220 g/mol. The summed E-state index contributed by atoms with van der Waals surface area (Å²) in [5.74, 6) is 0.115. The number of likely N-dealkylation sites (tertiary alicyclic amines) is 1. The summed E-state index contributed by atoms with van der Waals surface area (Å²) >= 11 is 0. The molecule has 17 heavy (non-hydrogen) atoms. The van der Waals surface area contributed by atoms with Gasteiger partial charge in [-0.05, 0) is 37.6 Å². The minimum atomic E-state index is 0.00776. The maximum absolute atomic E-state index is 11.9. The van der Waals surface area contributed by atoms with E-state index in [1.54, 1.807) is 4.90 Å². The Morgan fingerprint density at radius 3 is 3.00 bits per heavy atom. The van der Waals surface area contributed by atoms with E-state index in [-0.39, 0.29) is 18.6 Å². The summed E-state index contributed by atoms with van der Waals surface area (Å²) in [5, 5.41) is 12.6. The molecule has 1 heterocycles. The highest BCUT2D eigenvalue weighted by Crippen LogP contribution is 2.18. The number of azide groups is 1. The van der Waals surface area contributed by atoms with Crippen molar-refractivity contribution in [1.82, 2.24) is 4.90 Å². The van der Waals surface area contributed by atoms with Gasteiger partial charge in [0.15, 0.2) is 0 Å². The standard InChI is InChI=1S/C11H20N4O2/c12-14-13-7-3-1-6-11(17)15-8-4-2-5-10(15)9-16/h10,16H,1-9H2. The molecule has 0 radical (unpaired) electrons.